The number of ether oxygens (including phenoxy) is 1. The minimum absolute atomic E-state index is 0.137. The maximum atomic E-state index is 13.2. The second-order valence-electron chi connectivity index (χ2n) is 9.27. The van der Waals surface area contributed by atoms with Crippen molar-refractivity contribution in [3.8, 4) is 0 Å². The molecule has 7 heteroatoms. The summed E-state index contributed by atoms with van der Waals surface area (Å²) in [6.07, 6.45) is 4.26. The zero-order valence-corrected chi connectivity index (χ0v) is 21.5. The van der Waals surface area contributed by atoms with Crippen LogP contribution >= 0.6 is 0 Å². The Morgan fingerprint density at radius 2 is 2.06 bits per heavy atom. The first-order valence-electron chi connectivity index (χ1n) is 11.7. The molecule has 3 rings (SSSR count). The number of hydrogen-bond acceptors (Lipinski definition) is 5. The van der Waals surface area contributed by atoms with Crippen molar-refractivity contribution in [2.24, 2.45) is 10.9 Å². The van der Waals surface area contributed by atoms with Crippen LogP contribution in [0.3, 0.4) is 0 Å². The second-order valence-corrected chi connectivity index (χ2v) is 12.7. The van der Waals surface area contributed by atoms with Crippen molar-refractivity contribution in [2.45, 2.75) is 79.3 Å². The van der Waals surface area contributed by atoms with Gasteiger partial charge in [0.25, 0.3) is 0 Å². The number of hydrogen-bond donors (Lipinski definition) is 0. The first-order chi connectivity index (χ1) is 15.3. The molecule has 1 saturated heterocycles. The first kappa shape index (κ1) is 25.0. The Morgan fingerprint density at radius 3 is 2.69 bits per heavy atom. The van der Waals surface area contributed by atoms with Gasteiger partial charge >= 0.3 is 202 Å². The van der Waals surface area contributed by atoms with Gasteiger partial charge in [-0.15, -0.1) is 0 Å². The zero-order valence-electron chi connectivity index (χ0n) is 19.4. The molecule has 0 spiro atoms. The molecule has 2 heterocycles. The average Bonchev–Trinajstić information content (AvgIpc) is 3.27. The fraction of sp³-hybridized carbons (Fsp3) is 0.640. The zero-order chi connectivity index (χ0) is 23.1. The molecule has 178 valence electrons. The molecule has 1 fully saturated rings. The van der Waals surface area contributed by atoms with Gasteiger partial charge in [-0.1, -0.05) is 0 Å². The quantitative estimate of drug-likeness (QED) is 0.214. The number of halogens is 1. The summed E-state index contributed by atoms with van der Waals surface area (Å²) in [6, 6.07) is 10.3. The van der Waals surface area contributed by atoms with E-state index >= 15 is 0 Å². The third-order valence-corrected chi connectivity index (χ3v) is 10.0. The second kappa shape index (κ2) is 11.5. The Kier molecular flexibility index (Phi) is 8.96. The van der Waals surface area contributed by atoms with Gasteiger partial charge in [-0.25, -0.2) is 0 Å². The number of benzene rings is 1. The number of ketones is 1. The molecule has 6 nitrogen and oxygen atoms in total. The van der Waals surface area contributed by atoms with Crippen molar-refractivity contribution >= 4 is 17.8 Å². The van der Waals surface area contributed by atoms with Gasteiger partial charge in [-0.3, -0.25) is 0 Å². The van der Waals surface area contributed by atoms with Crippen LogP contribution in [0.25, 0.3) is 0 Å². The summed E-state index contributed by atoms with van der Waals surface area (Å²) < 4.78 is 5.49. The molecule has 0 saturated carbocycles. The molecule has 0 aromatic heterocycles. The number of carbonyl (C=O) groups excluding carboxylic acids is 2. The Hall–Kier alpha value is -1.64. The predicted octanol–water partition coefficient (Wildman–Crippen LogP) is 0.446. The fourth-order valence-corrected chi connectivity index (χ4v) is 8.39. The molecule has 2 aliphatic rings. The van der Waals surface area contributed by atoms with Crippen LogP contribution in [0.5, 0.6) is 0 Å². The number of nitrogens with zero attached hydrogens (tertiary/aromatic N) is 2. The molecular weight excluding hydrogens is 519 g/mol. The third-order valence-electron chi connectivity index (χ3n) is 6.12. The number of aliphatic imine (C=N–C) groups is 1. The van der Waals surface area contributed by atoms with E-state index in [1.807, 2.05) is 23.1 Å². The monoisotopic (exact) mass is 554 g/mol. The van der Waals surface area contributed by atoms with Crippen molar-refractivity contribution in [3.63, 3.8) is 0 Å². The Balaban J connectivity index is 1.56. The van der Waals surface area contributed by atoms with Crippen molar-refractivity contribution in [3.05, 3.63) is 35.9 Å². The van der Waals surface area contributed by atoms with E-state index < -0.39 is 32.9 Å². The molecule has 0 aliphatic carbocycles. The van der Waals surface area contributed by atoms with E-state index in [4.69, 9.17) is 4.74 Å². The first-order valence-corrected chi connectivity index (χ1v) is 14.2. The van der Waals surface area contributed by atoms with Crippen LogP contribution < -0.4 is 26.3 Å². The van der Waals surface area contributed by atoms with Gasteiger partial charge in [0.2, 0.25) is 0 Å². The predicted molar refractivity (Wildman–Crippen MR) is 119 cm³/mol. The summed E-state index contributed by atoms with van der Waals surface area (Å²) in [5.41, 5.74) is 0.662. The molecule has 0 bridgehead atoms. The number of carbonyl (C=O) groups is 2. The van der Waals surface area contributed by atoms with Crippen LogP contribution in [-0.2, 0) is 14.3 Å². The van der Waals surface area contributed by atoms with Gasteiger partial charge in [0.15, 0.2) is 0 Å². The van der Waals surface area contributed by atoms with Gasteiger partial charge in [0, 0.05) is 0 Å². The maximum absolute atomic E-state index is 13.2. The van der Waals surface area contributed by atoms with Gasteiger partial charge in [-0.2, -0.15) is 0 Å². The normalized spacial score (nSPS) is 25.6. The molecular formula is C25H35IN2O4-2. The number of amides is 1. The molecule has 2 aliphatic heterocycles. The Labute approximate surface area is 202 Å². The van der Waals surface area contributed by atoms with Crippen molar-refractivity contribution in [2.75, 3.05) is 13.1 Å². The molecule has 3 atom stereocenters. The standard InChI is InChI=1S/C25H36IN2O4/c1-4-13-25(17-27-24(31)32-25)14-8-11-20(29)16-21-23(30)28(15-12-18(2)3)22(26-21)19-9-6-5-7-10-19/h5-7,9-10,18,21-22H,4,8,11-17H2,1-3H3,(H,27,31)/q-1/p-1. The summed E-state index contributed by atoms with van der Waals surface area (Å²) >= 11 is -0.491. The summed E-state index contributed by atoms with van der Waals surface area (Å²) in [7, 11) is 0. The van der Waals surface area contributed by atoms with E-state index in [1.165, 1.54) is 5.56 Å². The topological polar surface area (TPSA) is 82.0 Å². The number of Topliss-reactive ketones (excluding diaryl/α,β-unsaturated/α-hetero) is 1. The van der Waals surface area contributed by atoms with E-state index in [0.717, 1.165) is 25.8 Å². The van der Waals surface area contributed by atoms with Gasteiger partial charge in [0.05, 0.1) is 0 Å². The van der Waals surface area contributed by atoms with Crippen molar-refractivity contribution in [1.29, 1.82) is 0 Å². The molecule has 0 radical (unpaired) electrons. The minimum atomic E-state index is -0.533. The Morgan fingerprint density at radius 1 is 1.31 bits per heavy atom. The molecule has 1 aromatic carbocycles. The van der Waals surface area contributed by atoms with Gasteiger partial charge in [-0.05, 0) is 0 Å². The van der Waals surface area contributed by atoms with E-state index in [-0.39, 0.29) is 19.7 Å². The summed E-state index contributed by atoms with van der Waals surface area (Å²) in [5, 5.41) is 11.5. The van der Waals surface area contributed by atoms with Crippen LogP contribution in [0.1, 0.15) is 75.3 Å². The number of rotatable bonds is 12. The van der Waals surface area contributed by atoms with E-state index in [2.05, 4.69) is 37.9 Å². The van der Waals surface area contributed by atoms with Crippen LogP contribution in [-0.4, -0.2) is 45.3 Å². The Bertz CT molecular complexity index is 813. The summed E-state index contributed by atoms with van der Waals surface area (Å²) in [6.45, 7) is 7.56. The van der Waals surface area contributed by atoms with Crippen LogP contribution in [0.2, 0.25) is 0 Å². The van der Waals surface area contributed by atoms with Gasteiger partial charge < -0.3 is 0 Å². The molecule has 1 amide bonds. The van der Waals surface area contributed by atoms with Crippen molar-refractivity contribution < 1.29 is 40.6 Å². The molecule has 1 aromatic rings. The van der Waals surface area contributed by atoms with E-state index in [0.29, 0.717) is 38.1 Å². The summed E-state index contributed by atoms with van der Waals surface area (Å²) in [4.78, 5) is 31.9. The molecule has 32 heavy (non-hydrogen) atoms. The summed E-state index contributed by atoms with van der Waals surface area (Å²) in [5.74, 6) is 0.838. The third kappa shape index (κ3) is 6.45. The van der Waals surface area contributed by atoms with E-state index in [1.54, 1.807) is 0 Å². The van der Waals surface area contributed by atoms with Gasteiger partial charge in [0.1, 0.15) is 0 Å². The van der Waals surface area contributed by atoms with Crippen LogP contribution in [0.15, 0.2) is 35.3 Å². The number of alkyl halides is 2. The van der Waals surface area contributed by atoms with E-state index in [9.17, 15) is 14.7 Å². The fourth-order valence-electron chi connectivity index (χ4n) is 4.38. The van der Waals surface area contributed by atoms with Crippen LogP contribution in [0.4, 0.5) is 0 Å². The van der Waals surface area contributed by atoms with Crippen LogP contribution in [0, 0.1) is 5.92 Å². The average molecular weight is 554 g/mol. The molecule has 0 N–H and O–H groups in total. The van der Waals surface area contributed by atoms with Crippen molar-refractivity contribution in [1.82, 2.24) is 4.90 Å². The molecule has 3 unspecified atom stereocenters. The SMILES string of the molecule is CCCC1(CCCC(=O)CC2[I-]C(c3ccccc3)N(CCC(C)C)C2=O)CN=C([O-])O1.